The third-order valence-corrected chi connectivity index (χ3v) is 7.75. The molecule has 4 atom stereocenters. The Morgan fingerprint density at radius 2 is 2.16 bits per heavy atom. The minimum Gasteiger partial charge on any atom is -0.464 e. The number of hydrogen-bond acceptors (Lipinski definition) is 6. The van der Waals surface area contributed by atoms with Gasteiger partial charge in [-0.2, -0.15) is 10.4 Å². The van der Waals surface area contributed by atoms with Gasteiger partial charge in [-0.15, -0.1) is 0 Å². The second-order valence-corrected chi connectivity index (χ2v) is 10.1. The van der Waals surface area contributed by atoms with E-state index in [0.29, 0.717) is 54.0 Å². The number of halogens is 1. The molecule has 0 unspecified atom stereocenters. The van der Waals surface area contributed by atoms with Gasteiger partial charge in [-0.05, 0) is 48.9 Å². The number of carbonyl (C=O) groups excluding carboxylic acids is 2. The van der Waals surface area contributed by atoms with Gasteiger partial charge in [-0.3, -0.25) is 14.3 Å². The summed E-state index contributed by atoms with van der Waals surface area (Å²) in [4.78, 5) is 27.4. The molecule has 2 N–H and O–H groups in total. The summed E-state index contributed by atoms with van der Waals surface area (Å²) in [7, 11) is 0. The lowest BCUT2D eigenvalue weighted by Crippen LogP contribution is -2.50. The van der Waals surface area contributed by atoms with E-state index in [-0.39, 0.29) is 24.3 Å². The van der Waals surface area contributed by atoms with Gasteiger partial charge in [0.1, 0.15) is 23.9 Å². The first-order valence-electron chi connectivity index (χ1n) is 12.6. The molecule has 37 heavy (non-hydrogen) atoms. The number of fused-ring (bicyclic) bond motifs is 3. The number of furan rings is 1. The summed E-state index contributed by atoms with van der Waals surface area (Å²) in [5, 5.41) is 19.9. The number of carbonyl (C=O) groups is 2. The van der Waals surface area contributed by atoms with Gasteiger partial charge >= 0.3 is 0 Å². The quantitative estimate of drug-likeness (QED) is 0.535. The number of amides is 2. The first kappa shape index (κ1) is 23.4. The van der Waals surface area contributed by atoms with E-state index in [0.717, 1.165) is 25.0 Å². The molecule has 3 aromatic rings. The van der Waals surface area contributed by atoms with E-state index in [4.69, 9.17) is 4.42 Å². The van der Waals surface area contributed by atoms with Crippen LogP contribution in [0.5, 0.6) is 0 Å². The first-order chi connectivity index (χ1) is 18.0. The van der Waals surface area contributed by atoms with E-state index in [1.54, 1.807) is 29.3 Å². The molecule has 4 heterocycles. The fraction of sp³-hybridized carbons (Fsp3) is 0.407. The largest absolute Gasteiger partial charge is 0.464 e. The molecule has 2 aliphatic heterocycles. The normalized spacial score (nSPS) is 22.9. The zero-order valence-corrected chi connectivity index (χ0v) is 20.2. The first-order valence-corrected chi connectivity index (χ1v) is 12.6. The zero-order valence-electron chi connectivity index (χ0n) is 20.2. The highest BCUT2D eigenvalue weighted by atomic mass is 19.1. The molecule has 0 radical (unpaired) electrons. The second-order valence-electron chi connectivity index (χ2n) is 10.1. The lowest BCUT2D eigenvalue weighted by atomic mass is 9.98. The molecule has 1 saturated heterocycles. The fourth-order valence-electron chi connectivity index (χ4n) is 5.77. The maximum Gasteiger partial charge on any atom is 0.257 e. The van der Waals surface area contributed by atoms with Crippen molar-refractivity contribution in [1.29, 1.82) is 5.26 Å². The van der Waals surface area contributed by atoms with Crippen molar-refractivity contribution in [3.05, 3.63) is 65.4 Å². The molecule has 1 aliphatic carbocycles. The number of benzene rings is 1. The number of nitrogens with one attached hydrogen (secondary N) is 2. The van der Waals surface area contributed by atoms with Crippen molar-refractivity contribution in [3.8, 4) is 17.4 Å². The topological polar surface area (TPSA) is 116 Å². The Hall–Kier alpha value is -3.97. The van der Waals surface area contributed by atoms with E-state index in [1.165, 1.54) is 12.3 Å². The Morgan fingerprint density at radius 3 is 2.92 bits per heavy atom. The average molecular weight is 503 g/mol. The molecule has 10 heteroatoms. The van der Waals surface area contributed by atoms with E-state index in [2.05, 4.69) is 21.8 Å². The van der Waals surface area contributed by atoms with Gasteiger partial charge in [0, 0.05) is 30.8 Å². The Kier molecular flexibility index (Phi) is 6.00. The predicted octanol–water partition coefficient (Wildman–Crippen LogP) is 2.63. The molecular formula is C27H27FN6O3. The summed E-state index contributed by atoms with van der Waals surface area (Å²) in [6.45, 7) is 1.65. The van der Waals surface area contributed by atoms with Crippen LogP contribution in [0.2, 0.25) is 0 Å². The van der Waals surface area contributed by atoms with Crippen LogP contribution in [0.3, 0.4) is 0 Å². The van der Waals surface area contributed by atoms with Crippen molar-refractivity contribution in [2.45, 2.75) is 56.9 Å². The minimum absolute atomic E-state index is 0.0581. The van der Waals surface area contributed by atoms with Gasteiger partial charge in [0.2, 0.25) is 5.91 Å². The molecule has 9 nitrogen and oxygen atoms in total. The predicted molar refractivity (Wildman–Crippen MR) is 130 cm³/mol. The van der Waals surface area contributed by atoms with Crippen LogP contribution in [0.4, 0.5) is 4.39 Å². The highest BCUT2D eigenvalue weighted by molar-refractivity contribution is 5.95. The van der Waals surface area contributed by atoms with Crippen molar-refractivity contribution >= 4 is 11.8 Å². The number of piperidine rings is 1. The highest BCUT2D eigenvalue weighted by Crippen LogP contribution is 2.35. The molecule has 190 valence electrons. The van der Waals surface area contributed by atoms with Crippen molar-refractivity contribution in [1.82, 2.24) is 25.3 Å². The molecule has 6 rings (SSSR count). The molecule has 2 fully saturated rings. The van der Waals surface area contributed by atoms with Crippen LogP contribution < -0.4 is 10.6 Å². The molecule has 2 aromatic heterocycles. The molecule has 3 aliphatic rings. The number of nitriles is 1. The third kappa shape index (κ3) is 4.51. The van der Waals surface area contributed by atoms with Gasteiger partial charge in [0.05, 0.1) is 36.5 Å². The minimum atomic E-state index is -0.831. The van der Waals surface area contributed by atoms with Crippen molar-refractivity contribution in [2.75, 3.05) is 6.54 Å². The smallest absolute Gasteiger partial charge is 0.257 e. The molecule has 1 saturated carbocycles. The van der Waals surface area contributed by atoms with Crippen molar-refractivity contribution < 1.29 is 18.4 Å². The zero-order chi connectivity index (χ0) is 25.5. The van der Waals surface area contributed by atoms with Gasteiger partial charge in [0.25, 0.3) is 5.91 Å². The summed E-state index contributed by atoms with van der Waals surface area (Å²) in [5.41, 5.74) is 2.18. The summed E-state index contributed by atoms with van der Waals surface area (Å²) in [5.74, 6) is -0.162. The Labute approximate surface area is 213 Å². The monoisotopic (exact) mass is 502 g/mol. The highest BCUT2D eigenvalue weighted by Gasteiger charge is 2.43. The van der Waals surface area contributed by atoms with E-state index in [9.17, 15) is 14.9 Å². The molecule has 1 aromatic carbocycles. The van der Waals surface area contributed by atoms with Crippen LogP contribution in [0, 0.1) is 23.1 Å². The number of nitrogens with zero attached hydrogens (tertiary/aromatic N) is 4. The number of aromatic nitrogens is 2. The van der Waals surface area contributed by atoms with Gasteiger partial charge in [0.15, 0.2) is 0 Å². The van der Waals surface area contributed by atoms with Crippen LogP contribution in [0.25, 0.3) is 11.3 Å². The summed E-state index contributed by atoms with van der Waals surface area (Å²) in [6, 6.07) is 9.48. The SMILES string of the molecule is N#C[C@H](Cc1ccc(-c2cc(C(=O)N3CCn4nccc4C3)co2)cc1F)NC(=O)[C@H]1N[C@@H]2CC[C@@H]1C2. The Balaban J connectivity index is 1.10. The number of hydrogen-bond donors (Lipinski definition) is 2. The standard InChI is InChI=1S/C27H27FN6O3/c28-23-11-17(24-12-19(15-37-24)27(36)33-7-8-34-22(14-33)5-6-30-34)2-1-16(23)9-21(13-29)32-26(35)25-18-3-4-20(10-18)31-25/h1-2,5-6,11-12,15,18,20-21,25,31H,3-4,7-10,14H2,(H,32,35)/t18-,20-,21+,25+/m1/s1. The van der Waals surface area contributed by atoms with Gasteiger partial charge in [-0.1, -0.05) is 12.1 Å². The third-order valence-electron chi connectivity index (χ3n) is 7.75. The molecule has 2 bridgehead atoms. The Morgan fingerprint density at radius 1 is 1.27 bits per heavy atom. The van der Waals surface area contributed by atoms with Crippen molar-refractivity contribution in [2.24, 2.45) is 5.92 Å². The number of rotatable bonds is 6. The lowest BCUT2D eigenvalue weighted by Gasteiger charge is -2.27. The maximum absolute atomic E-state index is 15.0. The van der Waals surface area contributed by atoms with Gasteiger partial charge in [-0.25, -0.2) is 4.39 Å². The van der Waals surface area contributed by atoms with E-state index < -0.39 is 11.9 Å². The summed E-state index contributed by atoms with van der Waals surface area (Å²) in [6.07, 6.45) is 6.27. The fourth-order valence-corrected chi connectivity index (χ4v) is 5.77. The average Bonchev–Trinajstić information content (AvgIpc) is 3.72. The molecule has 2 amide bonds. The maximum atomic E-state index is 15.0. The van der Waals surface area contributed by atoms with Crippen molar-refractivity contribution in [3.63, 3.8) is 0 Å². The van der Waals surface area contributed by atoms with Gasteiger partial charge < -0.3 is 20.0 Å². The Bertz CT molecular complexity index is 1390. The van der Waals surface area contributed by atoms with Crippen LogP contribution >= 0.6 is 0 Å². The van der Waals surface area contributed by atoms with Crippen LogP contribution in [0.15, 0.2) is 47.2 Å². The molecular weight excluding hydrogens is 475 g/mol. The van der Waals surface area contributed by atoms with E-state index in [1.807, 2.05) is 10.7 Å². The van der Waals surface area contributed by atoms with Crippen LogP contribution in [-0.4, -0.2) is 51.2 Å². The van der Waals surface area contributed by atoms with Crippen LogP contribution in [0.1, 0.15) is 40.9 Å². The summed E-state index contributed by atoms with van der Waals surface area (Å²) < 4.78 is 22.5. The lowest BCUT2D eigenvalue weighted by molar-refractivity contribution is -0.124. The van der Waals surface area contributed by atoms with E-state index >= 15 is 4.39 Å². The summed E-state index contributed by atoms with van der Waals surface area (Å²) >= 11 is 0. The molecule has 0 spiro atoms. The second kappa shape index (κ2) is 9.48. The van der Waals surface area contributed by atoms with Crippen LogP contribution in [-0.2, 0) is 24.3 Å².